The van der Waals surface area contributed by atoms with Crippen LogP contribution in [0.2, 0.25) is 0 Å². The third-order valence-corrected chi connectivity index (χ3v) is 4.95. The molecule has 0 spiro atoms. The van der Waals surface area contributed by atoms with Crippen LogP contribution in [0.5, 0.6) is 0 Å². The fourth-order valence-corrected chi connectivity index (χ4v) is 3.32. The molecule has 1 aromatic carbocycles. The van der Waals surface area contributed by atoms with Gasteiger partial charge < -0.3 is 9.47 Å². The number of ether oxygens (including phenoxy) is 2. The molecule has 0 fully saturated rings. The van der Waals surface area contributed by atoms with E-state index in [-0.39, 0.29) is 5.97 Å². The lowest BCUT2D eigenvalue weighted by Crippen LogP contribution is -2.17. The van der Waals surface area contributed by atoms with E-state index in [1.165, 1.54) is 49.3 Å². The summed E-state index contributed by atoms with van der Waals surface area (Å²) < 4.78 is 11.3. The zero-order chi connectivity index (χ0) is 20.9. The van der Waals surface area contributed by atoms with Gasteiger partial charge in [-0.05, 0) is 12.5 Å². The lowest BCUT2D eigenvalue weighted by atomic mass is 10.1. The van der Waals surface area contributed by atoms with Gasteiger partial charge >= 0.3 is 12.1 Å². The summed E-state index contributed by atoms with van der Waals surface area (Å²) in [6, 6.07) is 7.04. The quantitative estimate of drug-likeness (QED) is 0.182. The highest BCUT2D eigenvalue weighted by Crippen LogP contribution is 2.20. The molecule has 1 heterocycles. The molecule has 1 aromatic heterocycles. The lowest BCUT2D eigenvalue weighted by molar-refractivity contribution is -0.151. The Morgan fingerprint density at radius 1 is 0.931 bits per heavy atom. The van der Waals surface area contributed by atoms with Gasteiger partial charge in [0.2, 0.25) is 6.79 Å². The molecule has 2 rings (SSSR count). The molecule has 2 aromatic rings. The van der Waals surface area contributed by atoms with Crippen molar-refractivity contribution < 1.29 is 23.9 Å². The fourth-order valence-electron chi connectivity index (χ4n) is 3.32. The Labute approximate surface area is 172 Å². The summed E-state index contributed by atoms with van der Waals surface area (Å²) >= 11 is 0. The normalized spacial score (nSPS) is 10.8. The maximum Gasteiger partial charge on any atom is 0.421 e. The molecule has 0 radical (unpaired) electrons. The third kappa shape index (κ3) is 7.37. The molecular weight excluding hydrogens is 370 g/mol. The molecule has 0 aliphatic carbocycles. The number of unbranched alkanes of at least 4 members (excludes halogenated alkanes) is 8. The number of nitrogens with zero attached hydrogens (tertiary/aromatic N) is 1. The van der Waals surface area contributed by atoms with Crippen molar-refractivity contribution >= 4 is 29.3 Å². The third-order valence-electron chi connectivity index (χ3n) is 4.95. The monoisotopic (exact) mass is 401 g/mol. The Kier molecular flexibility index (Phi) is 9.96. The number of aromatic nitrogens is 1. The van der Waals surface area contributed by atoms with Crippen LogP contribution >= 0.6 is 0 Å². The number of rotatable bonds is 13. The average molecular weight is 402 g/mol. The van der Waals surface area contributed by atoms with Crippen molar-refractivity contribution in [3.05, 3.63) is 36.0 Å². The number of para-hydroxylation sites is 1. The smallest absolute Gasteiger partial charge is 0.421 e. The van der Waals surface area contributed by atoms with E-state index in [0.717, 1.165) is 19.3 Å². The summed E-state index contributed by atoms with van der Waals surface area (Å²) in [7, 11) is 0. The number of fused-ring (bicyclic) bond motifs is 1. The summed E-state index contributed by atoms with van der Waals surface area (Å²) in [5.41, 5.74) is 0.973. The molecule has 6 heteroatoms. The molecule has 0 unspecified atom stereocenters. The zero-order valence-corrected chi connectivity index (χ0v) is 17.2. The first-order valence-electron chi connectivity index (χ1n) is 10.6. The van der Waals surface area contributed by atoms with Gasteiger partial charge in [-0.15, -0.1) is 0 Å². The predicted molar refractivity (Wildman–Crippen MR) is 112 cm³/mol. The lowest BCUT2D eigenvalue weighted by Gasteiger charge is -2.07. The highest BCUT2D eigenvalue weighted by molar-refractivity contribution is 6.01. The van der Waals surface area contributed by atoms with E-state index in [1.54, 1.807) is 24.3 Å². The summed E-state index contributed by atoms with van der Waals surface area (Å²) in [6.45, 7) is 1.78. The average Bonchev–Trinajstić information content (AvgIpc) is 3.11. The van der Waals surface area contributed by atoms with Gasteiger partial charge in [0.25, 0.3) is 0 Å². The zero-order valence-electron chi connectivity index (χ0n) is 17.2. The van der Waals surface area contributed by atoms with E-state index >= 15 is 0 Å². The van der Waals surface area contributed by atoms with Gasteiger partial charge in [-0.2, -0.15) is 0 Å². The SMILES string of the molecule is CCCCCCCCCCCC(=O)OCOC(=O)n1cc(C=O)c2ccccc21. The number of esters is 1. The molecule has 0 amide bonds. The summed E-state index contributed by atoms with van der Waals surface area (Å²) in [5.74, 6) is -0.369. The van der Waals surface area contributed by atoms with Crippen LogP contribution in [-0.2, 0) is 14.3 Å². The van der Waals surface area contributed by atoms with Crippen LogP contribution in [0, 0.1) is 0 Å². The van der Waals surface area contributed by atoms with Crippen molar-refractivity contribution in [2.24, 2.45) is 0 Å². The second kappa shape index (κ2) is 12.8. The number of benzene rings is 1. The maximum absolute atomic E-state index is 12.2. The second-order valence-corrected chi connectivity index (χ2v) is 7.21. The number of carbonyl (C=O) groups is 3. The first-order chi connectivity index (χ1) is 14.2. The van der Waals surface area contributed by atoms with Crippen LogP contribution in [0.4, 0.5) is 4.79 Å². The van der Waals surface area contributed by atoms with Crippen molar-refractivity contribution in [3.63, 3.8) is 0 Å². The van der Waals surface area contributed by atoms with Gasteiger partial charge in [-0.1, -0.05) is 76.5 Å². The van der Waals surface area contributed by atoms with E-state index in [4.69, 9.17) is 9.47 Å². The Hall–Kier alpha value is -2.63. The number of carbonyl (C=O) groups excluding carboxylic acids is 3. The standard InChI is InChI=1S/C23H31NO5/c1-2-3-4-5-6-7-8-9-10-15-22(26)28-18-29-23(27)24-16-19(17-25)20-13-11-12-14-21(20)24/h11-14,16-17H,2-10,15,18H2,1H3. The molecule has 0 saturated carbocycles. The minimum absolute atomic E-state index is 0.328. The maximum atomic E-state index is 12.2. The van der Waals surface area contributed by atoms with Crippen molar-refractivity contribution in [3.8, 4) is 0 Å². The topological polar surface area (TPSA) is 74.6 Å². The van der Waals surface area contributed by atoms with Crippen LogP contribution in [0.25, 0.3) is 10.9 Å². The highest BCUT2D eigenvalue weighted by atomic mass is 16.7. The molecule has 29 heavy (non-hydrogen) atoms. The largest absolute Gasteiger partial charge is 0.428 e. The summed E-state index contributed by atoms with van der Waals surface area (Å²) in [5, 5.41) is 0.668. The predicted octanol–water partition coefficient (Wildman–Crippen LogP) is 5.86. The molecule has 158 valence electrons. The van der Waals surface area contributed by atoms with Crippen LogP contribution in [0.1, 0.15) is 81.5 Å². The molecule has 0 atom stereocenters. The highest BCUT2D eigenvalue weighted by Gasteiger charge is 2.14. The Morgan fingerprint density at radius 3 is 2.28 bits per heavy atom. The first kappa shape index (κ1) is 22.7. The van der Waals surface area contributed by atoms with E-state index in [9.17, 15) is 14.4 Å². The van der Waals surface area contributed by atoms with Gasteiger partial charge in [0.15, 0.2) is 6.29 Å². The molecule has 0 bridgehead atoms. The molecular formula is C23H31NO5. The first-order valence-corrected chi connectivity index (χ1v) is 10.6. The van der Waals surface area contributed by atoms with Gasteiger partial charge in [-0.25, -0.2) is 4.79 Å². The number of aldehydes is 1. The minimum Gasteiger partial charge on any atom is -0.428 e. The Balaban J connectivity index is 1.62. The fraction of sp³-hybridized carbons (Fsp3) is 0.522. The van der Waals surface area contributed by atoms with Gasteiger partial charge in [0.05, 0.1) is 5.52 Å². The van der Waals surface area contributed by atoms with Crippen molar-refractivity contribution in [2.45, 2.75) is 71.1 Å². The van der Waals surface area contributed by atoms with Crippen LogP contribution < -0.4 is 0 Å². The number of hydrogen-bond donors (Lipinski definition) is 0. The van der Waals surface area contributed by atoms with Gasteiger partial charge in [-0.3, -0.25) is 14.2 Å². The van der Waals surface area contributed by atoms with Crippen molar-refractivity contribution in [2.75, 3.05) is 6.79 Å². The van der Waals surface area contributed by atoms with Gasteiger partial charge in [0.1, 0.15) is 0 Å². The van der Waals surface area contributed by atoms with Gasteiger partial charge in [0, 0.05) is 23.6 Å². The van der Waals surface area contributed by atoms with Crippen LogP contribution in [-0.4, -0.2) is 29.7 Å². The second-order valence-electron chi connectivity index (χ2n) is 7.21. The van der Waals surface area contributed by atoms with E-state index in [1.807, 2.05) is 0 Å². The molecule has 0 aliphatic heterocycles. The van der Waals surface area contributed by atoms with Crippen molar-refractivity contribution in [1.29, 1.82) is 0 Å². The Bertz CT molecular complexity index is 796. The molecule has 0 aliphatic rings. The molecule has 0 N–H and O–H groups in total. The summed E-state index contributed by atoms with van der Waals surface area (Å²) in [6.07, 6.45) is 12.3. The molecule has 0 saturated heterocycles. The minimum atomic E-state index is -0.690. The molecule has 6 nitrogen and oxygen atoms in total. The van der Waals surface area contributed by atoms with E-state index < -0.39 is 12.9 Å². The number of hydrogen-bond acceptors (Lipinski definition) is 5. The van der Waals surface area contributed by atoms with E-state index in [0.29, 0.717) is 29.2 Å². The van der Waals surface area contributed by atoms with Crippen molar-refractivity contribution in [1.82, 2.24) is 4.57 Å². The van der Waals surface area contributed by atoms with Crippen LogP contribution in [0.3, 0.4) is 0 Å². The van der Waals surface area contributed by atoms with Crippen LogP contribution in [0.15, 0.2) is 30.5 Å². The Morgan fingerprint density at radius 2 is 1.59 bits per heavy atom. The summed E-state index contributed by atoms with van der Waals surface area (Å²) in [4.78, 5) is 35.1. The van der Waals surface area contributed by atoms with E-state index in [2.05, 4.69) is 6.92 Å².